The Bertz CT molecular complexity index is 675. The number of carbonyl (C=O) groups excluding carboxylic acids is 1. The Morgan fingerprint density at radius 3 is 2.48 bits per heavy atom. The van der Waals surface area contributed by atoms with Crippen molar-refractivity contribution in [2.45, 2.75) is 6.92 Å². The summed E-state index contributed by atoms with van der Waals surface area (Å²) in [5.74, 6) is -0.451. The van der Waals surface area contributed by atoms with Crippen LogP contribution in [0.4, 0.5) is 5.69 Å². The molecular formula is C16H19N4O+. The standard InChI is InChI=1S/C16H18N4O/c1-12-15(16(17)21)5-4-10-20(12)18-11-13-6-8-14(9-7-13)19(2)3/h4-11H,1-3H3,(H-,17,21)/p+1/b18-11+. The van der Waals surface area contributed by atoms with Crippen molar-refractivity contribution in [1.82, 2.24) is 0 Å². The third-order valence-corrected chi connectivity index (χ3v) is 3.23. The Morgan fingerprint density at radius 1 is 1.24 bits per heavy atom. The molecule has 0 aliphatic rings. The van der Waals surface area contributed by atoms with Gasteiger partial charge in [0.15, 0.2) is 0 Å². The third kappa shape index (κ3) is 3.45. The number of anilines is 1. The monoisotopic (exact) mass is 283 g/mol. The smallest absolute Gasteiger partial charge is 0.255 e. The Labute approximate surface area is 124 Å². The molecule has 0 fully saturated rings. The van der Waals surface area contributed by atoms with E-state index in [-0.39, 0.29) is 0 Å². The maximum atomic E-state index is 11.3. The van der Waals surface area contributed by atoms with Crippen molar-refractivity contribution in [2.75, 3.05) is 19.0 Å². The second-order valence-corrected chi connectivity index (χ2v) is 4.95. The summed E-state index contributed by atoms with van der Waals surface area (Å²) in [4.78, 5) is 13.3. The summed E-state index contributed by atoms with van der Waals surface area (Å²) >= 11 is 0. The third-order valence-electron chi connectivity index (χ3n) is 3.23. The van der Waals surface area contributed by atoms with E-state index in [0.29, 0.717) is 11.3 Å². The highest BCUT2D eigenvalue weighted by Crippen LogP contribution is 2.10. The second-order valence-electron chi connectivity index (χ2n) is 4.95. The summed E-state index contributed by atoms with van der Waals surface area (Å²) in [6.45, 7) is 1.81. The van der Waals surface area contributed by atoms with Gasteiger partial charge in [-0.15, -0.1) is 0 Å². The molecule has 5 heteroatoms. The van der Waals surface area contributed by atoms with Gasteiger partial charge in [0.2, 0.25) is 11.9 Å². The van der Waals surface area contributed by atoms with E-state index in [1.807, 2.05) is 50.2 Å². The van der Waals surface area contributed by atoms with Gasteiger partial charge in [0, 0.05) is 32.8 Å². The average molecular weight is 283 g/mol. The van der Waals surface area contributed by atoms with Gasteiger partial charge in [-0.1, -0.05) is 16.8 Å². The zero-order valence-electron chi connectivity index (χ0n) is 12.4. The van der Waals surface area contributed by atoms with Gasteiger partial charge in [-0.25, -0.2) is 0 Å². The zero-order chi connectivity index (χ0) is 15.4. The lowest BCUT2D eigenvalue weighted by Crippen LogP contribution is -2.34. The first kappa shape index (κ1) is 14.7. The number of amides is 1. The first-order chi connectivity index (χ1) is 9.99. The molecule has 21 heavy (non-hydrogen) atoms. The number of primary amides is 1. The van der Waals surface area contributed by atoms with E-state index in [9.17, 15) is 4.79 Å². The minimum absolute atomic E-state index is 0.451. The fourth-order valence-corrected chi connectivity index (χ4v) is 1.95. The van der Waals surface area contributed by atoms with Crippen LogP contribution >= 0.6 is 0 Å². The van der Waals surface area contributed by atoms with Crippen molar-refractivity contribution < 1.29 is 9.47 Å². The van der Waals surface area contributed by atoms with Crippen LogP contribution in [0.15, 0.2) is 47.7 Å². The molecule has 0 aliphatic carbocycles. The fraction of sp³-hybridized carbons (Fsp3) is 0.188. The van der Waals surface area contributed by atoms with Crippen molar-refractivity contribution in [2.24, 2.45) is 10.8 Å². The van der Waals surface area contributed by atoms with Crippen molar-refractivity contribution in [1.29, 1.82) is 0 Å². The molecule has 0 spiro atoms. The normalized spacial score (nSPS) is 10.8. The van der Waals surface area contributed by atoms with Crippen molar-refractivity contribution in [3.8, 4) is 0 Å². The summed E-state index contributed by atoms with van der Waals surface area (Å²) in [5, 5.41) is 4.36. The highest BCUT2D eigenvalue weighted by molar-refractivity contribution is 5.93. The van der Waals surface area contributed by atoms with Gasteiger partial charge in [0.05, 0.1) is 0 Å². The topological polar surface area (TPSA) is 62.6 Å². The number of benzene rings is 1. The zero-order valence-corrected chi connectivity index (χ0v) is 12.4. The summed E-state index contributed by atoms with van der Waals surface area (Å²) in [6.07, 6.45) is 3.53. The molecule has 0 aliphatic heterocycles. The fourth-order valence-electron chi connectivity index (χ4n) is 1.95. The van der Waals surface area contributed by atoms with Crippen LogP contribution in [0.3, 0.4) is 0 Å². The molecule has 0 radical (unpaired) electrons. The molecule has 0 unspecified atom stereocenters. The Hall–Kier alpha value is -2.69. The predicted octanol–water partition coefficient (Wildman–Crippen LogP) is 1.33. The lowest BCUT2D eigenvalue weighted by Gasteiger charge is -2.11. The van der Waals surface area contributed by atoms with Crippen LogP contribution < -0.4 is 15.3 Å². The van der Waals surface area contributed by atoms with Gasteiger partial charge >= 0.3 is 0 Å². The maximum absolute atomic E-state index is 11.3. The minimum atomic E-state index is -0.451. The molecule has 5 nitrogen and oxygen atoms in total. The number of aromatic nitrogens is 1. The molecule has 2 N–H and O–H groups in total. The molecule has 1 aromatic heterocycles. The van der Waals surface area contributed by atoms with Gasteiger partial charge in [0.25, 0.3) is 5.91 Å². The number of nitrogens with zero attached hydrogens (tertiary/aromatic N) is 3. The molecule has 0 saturated carbocycles. The van der Waals surface area contributed by atoms with E-state index >= 15 is 0 Å². The Kier molecular flexibility index (Phi) is 4.33. The minimum Gasteiger partial charge on any atom is -0.378 e. The summed E-state index contributed by atoms with van der Waals surface area (Å²) in [7, 11) is 4.00. The van der Waals surface area contributed by atoms with Crippen LogP contribution in [0.25, 0.3) is 0 Å². The SMILES string of the molecule is Cc1c(C(N)=O)ccc[n+]1/N=C/c1ccc(N(C)C)cc1. The van der Waals surface area contributed by atoms with Crippen molar-refractivity contribution >= 4 is 17.8 Å². The summed E-state index contributed by atoms with van der Waals surface area (Å²) < 4.78 is 1.64. The van der Waals surface area contributed by atoms with Crippen LogP contribution in [0.1, 0.15) is 21.6 Å². The molecule has 1 aromatic carbocycles. The molecular weight excluding hydrogens is 264 g/mol. The second kappa shape index (κ2) is 6.17. The van der Waals surface area contributed by atoms with Crippen LogP contribution in [0.2, 0.25) is 0 Å². The lowest BCUT2D eigenvalue weighted by atomic mass is 10.2. The van der Waals surface area contributed by atoms with Crippen LogP contribution in [-0.2, 0) is 0 Å². The van der Waals surface area contributed by atoms with Crippen LogP contribution in [0.5, 0.6) is 0 Å². The molecule has 1 amide bonds. The van der Waals surface area contributed by atoms with E-state index < -0.39 is 5.91 Å². The highest BCUT2D eigenvalue weighted by Gasteiger charge is 2.14. The molecule has 2 aromatic rings. The quantitative estimate of drug-likeness (QED) is 0.679. The Morgan fingerprint density at radius 2 is 1.90 bits per heavy atom. The molecule has 0 atom stereocenters. The van der Waals surface area contributed by atoms with Gasteiger partial charge in [-0.3, -0.25) is 4.79 Å². The van der Waals surface area contributed by atoms with E-state index in [0.717, 1.165) is 11.3 Å². The molecule has 0 bridgehead atoms. The van der Waals surface area contributed by atoms with E-state index in [2.05, 4.69) is 5.10 Å². The number of pyridine rings is 1. The van der Waals surface area contributed by atoms with Crippen LogP contribution in [-0.4, -0.2) is 26.2 Å². The lowest BCUT2D eigenvalue weighted by molar-refractivity contribution is -0.684. The number of nitrogens with two attached hydrogens (primary N) is 1. The summed E-state index contributed by atoms with van der Waals surface area (Å²) in [5.41, 5.74) is 8.63. The van der Waals surface area contributed by atoms with Crippen LogP contribution in [0, 0.1) is 6.92 Å². The average Bonchev–Trinajstić information content (AvgIpc) is 2.46. The number of carbonyl (C=O) groups is 1. The predicted molar refractivity (Wildman–Crippen MR) is 83.7 cm³/mol. The van der Waals surface area contributed by atoms with Gasteiger partial charge in [0.1, 0.15) is 11.8 Å². The highest BCUT2D eigenvalue weighted by atomic mass is 16.1. The van der Waals surface area contributed by atoms with Crippen molar-refractivity contribution in [3.05, 3.63) is 59.4 Å². The largest absolute Gasteiger partial charge is 0.378 e. The first-order valence-electron chi connectivity index (χ1n) is 6.62. The summed E-state index contributed by atoms with van der Waals surface area (Å²) in [6, 6.07) is 11.5. The molecule has 0 saturated heterocycles. The number of rotatable bonds is 4. The maximum Gasteiger partial charge on any atom is 0.255 e. The molecule has 2 rings (SSSR count). The van der Waals surface area contributed by atoms with E-state index in [1.54, 1.807) is 29.2 Å². The van der Waals surface area contributed by atoms with Gasteiger partial charge in [-0.05, 0) is 28.9 Å². The van der Waals surface area contributed by atoms with E-state index in [4.69, 9.17) is 5.73 Å². The number of hydrogen-bond acceptors (Lipinski definition) is 3. The van der Waals surface area contributed by atoms with Gasteiger partial charge < -0.3 is 10.6 Å². The number of hydrogen-bond donors (Lipinski definition) is 1. The molecule has 1 heterocycles. The van der Waals surface area contributed by atoms with Crippen molar-refractivity contribution in [3.63, 3.8) is 0 Å². The van der Waals surface area contributed by atoms with Gasteiger partial charge in [-0.2, -0.15) is 0 Å². The Balaban J connectivity index is 2.25. The molecule has 108 valence electrons. The van der Waals surface area contributed by atoms with E-state index in [1.165, 1.54) is 0 Å². The first-order valence-corrected chi connectivity index (χ1v) is 6.62.